The highest BCUT2D eigenvalue weighted by molar-refractivity contribution is 6.08. The normalized spacial score (nSPS) is 10.6. The number of aromatic nitrogens is 1. The van der Waals surface area contributed by atoms with Crippen LogP contribution in [-0.4, -0.2) is 24.0 Å². The molecule has 0 spiro atoms. The number of halogens is 1. The lowest BCUT2D eigenvalue weighted by Gasteiger charge is -2.06. The van der Waals surface area contributed by atoms with Gasteiger partial charge in [0.15, 0.2) is 0 Å². The van der Waals surface area contributed by atoms with E-state index in [-0.39, 0.29) is 11.7 Å². The molecule has 2 N–H and O–H groups in total. The van der Waals surface area contributed by atoms with E-state index >= 15 is 0 Å². The van der Waals surface area contributed by atoms with Crippen LogP contribution in [-0.2, 0) is 4.74 Å². The first-order chi connectivity index (χ1) is 11.5. The number of hydrogen-bond donors (Lipinski definition) is 2. The van der Waals surface area contributed by atoms with E-state index in [9.17, 15) is 14.0 Å². The SMILES string of the molecule is COC(=O)c1cccc(NC(=O)c2[nH]c3cc(F)ccc3c2C)c1. The van der Waals surface area contributed by atoms with Crippen LogP contribution in [0.3, 0.4) is 0 Å². The van der Waals surface area contributed by atoms with Crippen LogP contribution < -0.4 is 5.32 Å². The lowest BCUT2D eigenvalue weighted by Crippen LogP contribution is -2.14. The van der Waals surface area contributed by atoms with Crippen molar-refractivity contribution in [1.29, 1.82) is 0 Å². The molecule has 0 bridgehead atoms. The summed E-state index contributed by atoms with van der Waals surface area (Å²) in [6.07, 6.45) is 0. The van der Waals surface area contributed by atoms with Crippen molar-refractivity contribution in [2.75, 3.05) is 12.4 Å². The maximum Gasteiger partial charge on any atom is 0.337 e. The number of aryl methyl sites for hydroxylation is 1. The highest BCUT2D eigenvalue weighted by Gasteiger charge is 2.16. The molecule has 5 nitrogen and oxygen atoms in total. The summed E-state index contributed by atoms with van der Waals surface area (Å²) in [5.41, 5.74) is 2.43. The van der Waals surface area contributed by atoms with Gasteiger partial charge >= 0.3 is 5.97 Å². The Hall–Kier alpha value is -3.15. The van der Waals surface area contributed by atoms with Crippen molar-refractivity contribution in [3.63, 3.8) is 0 Å². The zero-order valence-corrected chi connectivity index (χ0v) is 13.1. The highest BCUT2D eigenvalue weighted by atomic mass is 19.1. The number of nitrogens with one attached hydrogen (secondary N) is 2. The fourth-order valence-electron chi connectivity index (χ4n) is 2.57. The fraction of sp³-hybridized carbons (Fsp3) is 0.111. The van der Waals surface area contributed by atoms with Gasteiger partial charge in [-0.3, -0.25) is 4.79 Å². The van der Waals surface area contributed by atoms with Gasteiger partial charge in [0.1, 0.15) is 11.5 Å². The van der Waals surface area contributed by atoms with Crippen LogP contribution in [0.5, 0.6) is 0 Å². The van der Waals surface area contributed by atoms with Crippen LogP contribution in [0.1, 0.15) is 26.4 Å². The fourth-order valence-corrected chi connectivity index (χ4v) is 2.57. The molecule has 3 aromatic rings. The molecule has 0 fully saturated rings. The molecule has 0 unspecified atom stereocenters. The summed E-state index contributed by atoms with van der Waals surface area (Å²) in [5.74, 6) is -1.23. The molecule has 6 heteroatoms. The molecule has 1 amide bonds. The number of esters is 1. The van der Waals surface area contributed by atoms with Gasteiger partial charge in [-0.25, -0.2) is 9.18 Å². The maximum atomic E-state index is 13.3. The van der Waals surface area contributed by atoms with Gasteiger partial charge in [-0.2, -0.15) is 0 Å². The topological polar surface area (TPSA) is 71.2 Å². The minimum Gasteiger partial charge on any atom is -0.465 e. The van der Waals surface area contributed by atoms with Crippen molar-refractivity contribution in [2.24, 2.45) is 0 Å². The number of amides is 1. The number of anilines is 1. The second kappa shape index (κ2) is 6.16. The molecule has 2 aromatic carbocycles. The smallest absolute Gasteiger partial charge is 0.337 e. The highest BCUT2D eigenvalue weighted by Crippen LogP contribution is 2.23. The first-order valence-corrected chi connectivity index (χ1v) is 7.27. The summed E-state index contributed by atoms with van der Waals surface area (Å²) in [4.78, 5) is 27.0. The van der Waals surface area contributed by atoms with E-state index in [0.29, 0.717) is 22.5 Å². The molecule has 1 heterocycles. The van der Waals surface area contributed by atoms with Gasteiger partial charge in [0, 0.05) is 16.6 Å². The number of ether oxygens (including phenoxy) is 1. The van der Waals surface area contributed by atoms with Crippen LogP contribution in [0, 0.1) is 12.7 Å². The van der Waals surface area contributed by atoms with Crippen LogP contribution >= 0.6 is 0 Å². The molecule has 0 atom stereocenters. The largest absolute Gasteiger partial charge is 0.465 e. The number of aromatic amines is 1. The third-order valence-corrected chi connectivity index (χ3v) is 3.79. The van der Waals surface area contributed by atoms with Gasteiger partial charge in [0.05, 0.1) is 12.7 Å². The summed E-state index contributed by atoms with van der Waals surface area (Å²) in [7, 11) is 1.29. The van der Waals surface area contributed by atoms with Crippen LogP contribution in [0.25, 0.3) is 10.9 Å². The molecule has 0 aliphatic rings. The zero-order valence-electron chi connectivity index (χ0n) is 13.1. The zero-order chi connectivity index (χ0) is 17.3. The van der Waals surface area contributed by atoms with E-state index in [0.717, 1.165) is 10.9 Å². The Bertz CT molecular complexity index is 947. The Morgan fingerprint density at radius 3 is 2.71 bits per heavy atom. The number of methoxy groups -OCH3 is 1. The van der Waals surface area contributed by atoms with Crippen molar-refractivity contribution < 1.29 is 18.7 Å². The van der Waals surface area contributed by atoms with E-state index in [1.54, 1.807) is 31.2 Å². The molecule has 0 aliphatic heterocycles. The summed E-state index contributed by atoms with van der Waals surface area (Å²) < 4.78 is 18.0. The van der Waals surface area contributed by atoms with Crippen molar-refractivity contribution in [2.45, 2.75) is 6.92 Å². The number of carbonyl (C=O) groups excluding carboxylic acids is 2. The maximum absolute atomic E-state index is 13.3. The van der Waals surface area contributed by atoms with Gasteiger partial charge < -0.3 is 15.0 Å². The third-order valence-electron chi connectivity index (χ3n) is 3.79. The minimum absolute atomic E-state index is 0.339. The average molecular weight is 326 g/mol. The lowest BCUT2D eigenvalue weighted by molar-refractivity contribution is 0.0600. The molecule has 1 aromatic heterocycles. The van der Waals surface area contributed by atoms with Gasteiger partial charge in [-0.1, -0.05) is 6.07 Å². The van der Waals surface area contributed by atoms with E-state index < -0.39 is 5.97 Å². The molecular weight excluding hydrogens is 311 g/mol. The van der Waals surface area contributed by atoms with Crippen LogP contribution in [0.4, 0.5) is 10.1 Å². The first kappa shape index (κ1) is 15.7. The van der Waals surface area contributed by atoms with Crippen LogP contribution in [0.2, 0.25) is 0 Å². The Morgan fingerprint density at radius 2 is 1.96 bits per heavy atom. The Kier molecular flexibility index (Phi) is 4.04. The quantitative estimate of drug-likeness (QED) is 0.722. The molecule has 3 rings (SSSR count). The summed E-state index contributed by atoms with van der Waals surface area (Å²) >= 11 is 0. The number of benzene rings is 2. The monoisotopic (exact) mass is 326 g/mol. The van der Waals surface area contributed by atoms with Gasteiger partial charge in [-0.05, 0) is 48.9 Å². The molecule has 0 saturated heterocycles. The molecule has 0 aliphatic carbocycles. The molecular formula is C18H15FN2O3. The minimum atomic E-state index is -0.483. The Labute approximate surface area is 137 Å². The molecule has 0 radical (unpaired) electrons. The first-order valence-electron chi connectivity index (χ1n) is 7.27. The third kappa shape index (κ3) is 2.86. The second-order valence-electron chi connectivity index (χ2n) is 5.34. The standard InChI is InChI=1S/C18H15FN2O3/c1-10-14-7-6-12(19)9-15(14)21-16(10)17(22)20-13-5-3-4-11(8-13)18(23)24-2/h3-9,21H,1-2H3,(H,20,22). The summed E-state index contributed by atoms with van der Waals surface area (Å²) in [5, 5.41) is 3.50. The van der Waals surface area contributed by atoms with Gasteiger partial charge in [-0.15, -0.1) is 0 Å². The predicted molar refractivity (Wildman–Crippen MR) is 88.7 cm³/mol. The number of hydrogen-bond acceptors (Lipinski definition) is 3. The van der Waals surface area contributed by atoms with E-state index in [1.165, 1.54) is 25.3 Å². The van der Waals surface area contributed by atoms with E-state index in [2.05, 4.69) is 15.0 Å². The average Bonchev–Trinajstić information content (AvgIpc) is 2.90. The summed E-state index contributed by atoms with van der Waals surface area (Å²) in [6.45, 7) is 1.79. The van der Waals surface area contributed by atoms with Crippen molar-refractivity contribution in [3.8, 4) is 0 Å². The van der Waals surface area contributed by atoms with Crippen molar-refractivity contribution >= 4 is 28.5 Å². The molecule has 24 heavy (non-hydrogen) atoms. The number of fused-ring (bicyclic) bond motifs is 1. The van der Waals surface area contributed by atoms with Crippen LogP contribution in [0.15, 0.2) is 42.5 Å². The van der Waals surface area contributed by atoms with Crippen molar-refractivity contribution in [1.82, 2.24) is 4.98 Å². The lowest BCUT2D eigenvalue weighted by atomic mass is 10.1. The summed E-state index contributed by atoms with van der Waals surface area (Å²) in [6, 6.07) is 10.8. The Morgan fingerprint density at radius 1 is 1.17 bits per heavy atom. The van der Waals surface area contributed by atoms with E-state index in [1.807, 2.05) is 0 Å². The predicted octanol–water partition coefficient (Wildman–Crippen LogP) is 3.65. The van der Waals surface area contributed by atoms with Crippen molar-refractivity contribution in [3.05, 3.63) is 65.1 Å². The molecule has 0 saturated carbocycles. The van der Waals surface area contributed by atoms with Gasteiger partial charge in [0.2, 0.25) is 0 Å². The van der Waals surface area contributed by atoms with E-state index in [4.69, 9.17) is 0 Å². The second-order valence-corrected chi connectivity index (χ2v) is 5.34. The Balaban J connectivity index is 1.90. The number of H-pyrrole nitrogens is 1. The van der Waals surface area contributed by atoms with Gasteiger partial charge in [0.25, 0.3) is 5.91 Å². The molecule has 122 valence electrons. The number of carbonyl (C=O) groups is 2. The number of rotatable bonds is 3.